The first-order chi connectivity index (χ1) is 13.6. The molecule has 0 aliphatic heterocycles. The van der Waals surface area contributed by atoms with Crippen LogP contribution >= 0.6 is 0 Å². The minimum atomic E-state index is -0.400. The third-order valence-electron chi connectivity index (χ3n) is 4.53. The second kappa shape index (κ2) is 7.36. The van der Waals surface area contributed by atoms with E-state index in [0.717, 1.165) is 0 Å². The molecule has 6 nitrogen and oxygen atoms in total. The monoisotopic (exact) mass is 371 g/mol. The van der Waals surface area contributed by atoms with Gasteiger partial charge in [-0.15, -0.1) is 0 Å². The number of rotatable bonds is 3. The zero-order valence-electron chi connectivity index (χ0n) is 14.9. The number of pyridine rings is 1. The normalized spacial score (nSPS) is 10.7. The van der Waals surface area contributed by atoms with E-state index in [1.165, 1.54) is 0 Å². The summed E-state index contributed by atoms with van der Waals surface area (Å²) in [6, 6.07) is 22.9. The van der Waals surface area contributed by atoms with Gasteiger partial charge < -0.3 is 4.57 Å². The van der Waals surface area contributed by atoms with Gasteiger partial charge in [0, 0.05) is 16.3 Å². The van der Waals surface area contributed by atoms with Crippen molar-refractivity contribution in [3.05, 3.63) is 94.6 Å². The first-order valence-corrected chi connectivity index (χ1v) is 8.79. The molecule has 2 amide bonds. The van der Waals surface area contributed by atoms with Crippen molar-refractivity contribution in [3.8, 4) is 0 Å². The predicted molar refractivity (Wildman–Crippen MR) is 108 cm³/mol. The van der Waals surface area contributed by atoms with Crippen LogP contribution in [0, 0.1) is 0 Å². The second-order valence-corrected chi connectivity index (χ2v) is 6.32. The van der Waals surface area contributed by atoms with Crippen molar-refractivity contribution in [2.75, 3.05) is 0 Å². The maximum Gasteiger partial charge on any atom is 0.269 e. The van der Waals surface area contributed by atoms with E-state index in [4.69, 9.17) is 0 Å². The molecule has 0 saturated heterocycles. The Morgan fingerprint density at radius 3 is 1.86 bits per heavy atom. The number of nitrogens with one attached hydrogen (secondary N) is 2. The molecule has 0 unspecified atom stereocenters. The van der Waals surface area contributed by atoms with Crippen molar-refractivity contribution in [2.24, 2.45) is 0 Å². The van der Waals surface area contributed by atoms with Crippen LogP contribution in [0.4, 0.5) is 0 Å². The van der Waals surface area contributed by atoms with Crippen LogP contribution in [0.25, 0.3) is 21.8 Å². The highest BCUT2D eigenvalue weighted by Crippen LogP contribution is 2.18. The van der Waals surface area contributed by atoms with Gasteiger partial charge in [0.25, 0.3) is 11.8 Å². The van der Waals surface area contributed by atoms with Crippen LogP contribution in [0.3, 0.4) is 0 Å². The summed E-state index contributed by atoms with van der Waals surface area (Å²) in [5, 5.41) is 1.09. The molecule has 0 radical (unpaired) electrons. The number of aromatic nitrogens is 1. The minimum absolute atomic E-state index is 0.0453. The first-order valence-electron chi connectivity index (χ1n) is 8.79. The van der Waals surface area contributed by atoms with E-state index in [0.29, 0.717) is 27.4 Å². The predicted octanol–water partition coefficient (Wildman–Crippen LogP) is 2.62. The van der Waals surface area contributed by atoms with Gasteiger partial charge >= 0.3 is 0 Å². The molecule has 138 valence electrons. The molecule has 0 spiro atoms. The summed E-state index contributed by atoms with van der Waals surface area (Å²) in [6.07, 6.45) is 0. The highest BCUT2D eigenvalue weighted by Gasteiger charge is 2.13. The second-order valence-electron chi connectivity index (χ2n) is 6.32. The van der Waals surface area contributed by atoms with Gasteiger partial charge in [0.15, 0.2) is 5.43 Å². The maximum absolute atomic E-state index is 12.7. The number of hydrazine groups is 1. The Hall–Kier alpha value is -3.93. The summed E-state index contributed by atoms with van der Waals surface area (Å²) in [4.78, 5) is 37.3. The number of nitrogens with zero attached hydrogens (tertiary/aromatic N) is 1. The van der Waals surface area contributed by atoms with Crippen molar-refractivity contribution < 1.29 is 9.59 Å². The quantitative estimate of drug-likeness (QED) is 0.429. The zero-order chi connectivity index (χ0) is 19.5. The molecular formula is C22H17N3O3. The fourth-order valence-corrected chi connectivity index (χ4v) is 3.22. The van der Waals surface area contributed by atoms with Crippen LogP contribution in [0.5, 0.6) is 0 Å². The molecule has 1 aromatic heterocycles. The lowest BCUT2D eigenvalue weighted by Gasteiger charge is -2.15. The van der Waals surface area contributed by atoms with Gasteiger partial charge in [-0.2, -0.15) is 0 Å². The smallest absolute Gasteiger partial charge is 0.269 e. The van der Waals surface area contributed by atoms with Crippen LogP contribution in [0.2, 0.25) is 0 Å². The molecule has 0 saturated carbocycles. The lowest BCUT2D eigenvalue weighted by molar-refractivity contribution is -0.122. The lowest BCUT2D eigenvalue weighted by atomic mass is 10.1. The van der Waals surface area contributed by atoms with E-state index in [1.54, 1.807) is 65.2 Å². The largest absolute Gasteiger partial charge is 0.331 e. The Bertz CT molecular complexity index is 1190. The Labute approximate surface area is 160 Å². The SMILES string of the molecule is O=C(Cn1c2ccccc2c(=O)c2ccccc21)NNC(=O)c1ccccc1. The van der Waals surface area contributed by atoms with Crippen molar-refractivity contribution in [2.45, 2.75) is 6.54 Å². The minimum Gasteiger partial charge on any atom is -0.331 e. The van der Waals surface area contributed by atoms with E-state index >= 15 is 0 Å². The summed E-state index contributed by atoms with van der Waals surface area (Å²) in [7, 11) is 0. The Morgan fingerprint density at radius 2 is 1.25 bits per heavy atom. The zero-order valence-corrected chi connectivity index (χ0v) is 14.9. The third-order valence-corrected chi connectivity index (χ3v) is 4.53. The van der Waals surface area contributed by atoms with Crippen LogP contribution in [0.15, 0.2) is 83.7 Å². The average molecular weight is 371 g/mol. The standard InChI is InChI=1S/C22H17N3O3/c26-20(23-24-22(28)15-8-2-1-3-9-15)14-25-18-12-6-4-10-16(18)21(27)17-11-5-7-13-19(17)25/h1-13H,14H2,(H,23,26)(H,24,28). The van der Waals surface area contributed by atoms with Crippen LogP contribution < -0.4 is 16.3 Å². The number of hydrogen-bond acceptors (Lipinski definition) is 3. The number of hydrogen-bond donors (Lipinski definition) is 2. The van der Waals surface area contributed by atoms with Crippen molar-refractivity contribution in [1.82, 2.24) is 15.4 Å². The van der Waals surface area contributed by atoms with Crippen LogP contribution in [-0.2, 0) is 11.3 Å². The molecule has 0 aliphatic carbocycles. The van der Waals surface area contributed by atoms with Crippen molar-refractivity contribution in [3.63, 3.8) is 0 Å². The molecule has 0 atom stereocenters. The van der Waals surface area contributed by atoms with Gasteiger partial charge in [-0.3, -0.25) is 25.2 Å². The van der Waals surface area contributed by atoms with Gasteiger partial charge in [0.2, 0.25) is 0 Å². The Kier molecular flexibility index (Phi) is 4.60. The molecule has 0 aliphatic rings. The maximum atomic E-state index is 12.7. The number of carbonyl (C=O) groups is 2. The number of amides is 2. The van der Waals surface area contributed by atoms with Crippen LogP contribution in [0.1, 0.15) is 10.4 Å². The first kappa shape index (κ1) is 17.5. The molecule has 6 heteroatoms. The van der Waals surface area contributed by atoms with Gasteiger partial charge in [-0.25, -0.2) is 0 Å². The van der Waals surface area contributed by atoms with Crippen molar-refractivity contribution >= 4 is 33.6 Å². The van der Waals surface area contributed by atoms with Gasteiger partial charge in [-0.1, -0.05) is 42.5 Å². The third kappa shape index (κ3) is 3.23. The van der Waals surface area contributed by atoms with E-state index in [1.807, 2.05) is 18.2 Å². The molecule has 28 heavy (non-hydrogen) atoms. The lowest BCUT2D eigenvalue weighted by Crippen LogP contribution is -2.43. The molecular weight excluding hydrogens is 354 g/mol. The highest BCUT2D eigenvalue weighted by atomic mass is 16.2. The van der Waals surface area contributed by atoms with Gasteiger partial charge in [-0.05, 0) is 36.4 Å². The fraction of sp³-hybridized carbons (Fsp3) is 0.0455. The fourth-order valence-electron chi connectivity index (χ4n) is 3.22. The molecule has 4 rings (SSSR count). The number of benzene rings is 3. The number of fused-ring (bicyclic) bond motifs is 2. The highest BCUT2D eigenvalue weighted by molar-refractivity contribution is 5.97. The topological polar surface area (TPSA) is 80.2 Å². The van der Waals surface area contributed by atoms with Crippen molar-refractivity contribution in [1.29, 1.82) is 0 Å². The number of para-hydroxylation sites is 2. The van der Waals surface area contributed by atoms with Crippen LogP contribution in [-0.4, -0.2) is 16.4 Å². The molecule has 2 N–H and O–H groups in total. The summed E-state index contributed by atoms with van der Waals surface area (Å²) >= 11 is 0. The molecule has 1 heterocycles. The molecule has 0 fully saturated rings. The number of carbonyl (C=O) groups excluding carboxylic acids is 2. The average Bonchev–Trinajstić information content (AvgIpc) is 2.75. The van der Waals surface area contributed by atoms with E-state index in [9.17, 15) is 14.4 Å². The van der Waals surface area contributed by atoms with Gasteiger partial charge in [0.05, 0.1) is 11.0 Å². The molecule has 4 aromatic rings. The summed E-state index contributed by atoms with van der Waals surface area (Å²) in [5.74, 6) is -0.799. The molecule has 0 bridgehead atoms. The Morgan fingerprint density at radius 1 is 0.714 bits per heavy atom. The Balaban J connectivity index is 1.63. The molecule has 3 aromatic carbocycles. The summed E-state index contributed by atoms with van der Waals surface area (Å²) < 4.78 is 1.77. The van der Waals surface area contributed by atoms with E-state index in [-0.39, 0.29) is 12.0 Å². The van der Waals surface area contributed by atoms with Gasteiger partial charge in [0.1, 0.15) is 6.54 Å². The van der Waals surface area contributed by atoms with E-state index < -0.39 is 11.8 Å². The summed E-state index contributed by atoms with van der Waals surface area (Å²) in [5.41, 5.74) is 6.55. The summed E-state index contributed by atoms with van der Waals surface area (Å²) in [6.45, 7) is -0.0453. The van der Waals surface area contributed by atoms with E-state index in [2.05, 4.69) is 10.9 Å².